The van der Waals surface area contributed by atoms with E-state index < -0.39 is 24.5 Å². The minimum absolute atomic E-state index is 0.00182. The van der Waals surface area contributed by atoms with E-state index in [1.54, 1.807) is 0 Å². The van der Waals surface area contributed by atoms with Gasteiger partial charge in [0.2, 0.25) is 0 Å². The van der Waals surface area contributed by atoms with E-state index in [0.717, 1.165) is 6.20 Å². The molecular weight excluding hydrogens is 244 g/mol. The molecule has 0 aliphatic rings. The van der Waals surface area contributed by atoms with Gasteiger partial charge >= 0.3 is 5.97 Å². The molecule has 0 aliphatic carbocycles. The Bertz CT molecular complexity index is 412. The van der Waals surface area contributed by atoms with E-state index in [9.17, 15) is 13.6 Å². The summed E-state index contributed by atoms with van der Waals surface area (Å²) in [6.07, 6.45) is -2.32. The van der Waals surface area contributed by atoms with Gasteiger partial charge < -0.3 is 9.84 Å². The molecule has 0 spiro atoms. The summed E-state index contributed by atoms with van der Waals surface area (Å²) < 4.78 is 29.7. The van der Waals surface area contributed by atoms with E-state index in [1.165, 1.54) is 7.11 Å². The lowest BCUT2D eigenvalue weighted by atomic mass is 10.1. The predicted molar refractivity (Wildman–Crippen MR) is 52.1 cm³/mol. The summed E-state index contributed by atoms with van der Waals surface area (Å²) in [6.45, 7) is 0. The average Bonchev–Trinajstić information content (AvgIpc) is 2.19. The van der Waals surface area contributed by atoms with Crippen molar-refractivity contribution in [3.8, 4) is 5.75 Å². The third kappa shape index (κ3) is 2.57. The normalized spacial score (nSPS) is 10.6. The van der Waals surface area contributed by atoms with Gasteiger partial charge in [-0.2, -0.15) is 0 Å². The topological polar surface area (TPSA) is 59.4 Å². The zero-order valence-electron chi connectivity index (χ0n) is 8.21. The molecular formula is C9H8ClF2NO3. The molecule has 0 saturated heterocycles. The second-order valence-electron chi connectivity index (χ2n) is 2.88. The number of alkyl halides is 2. The maximum absolute atomic E-state index is 12.4. The van der Waals surface area contributed by atoms with Crippen LogP contribution in [0.15, 0.2) is 6.20 Å². The van der Waals surface area contributed by atoms with Crippen molar-refractivity contribution in [3.05, 3.63) is 22.5 Å². The quantitative estimate of drug-likeness (QED) is 0.892. The number of carboxylic acids is 1. The third-order valence-corrected chi connectivity index (χ3v) is 2.28. The average molecular weight is 252 g/mol. The number of pyridine rings is 1. The first kappa shape index (κ1) is 12.6. The highest BCUT2D eigenvalue weighted by Crippen LogP contribution is 2.33. The zero-order chi connectivity index (χ0) is 12.3. The largest absolute Gasteiger partial charge is 0.495 e. The number of hydrogen-bond acceptors (Lipinski definition) is 3. The van der Waals surface area contributed by atoms with Crippen LogP contribution in [0.1, 0.15) is 17.7 Å². The fourth-order valence-electron chi connectivity index (χ4n) is 1.17. The summed E-state index contributed by atoms with van der Waals surface area (Å²) in [5, 5.41) is 8.25. The number of methoxy groups -OCH3 is 1. The summed E-state index contributed by atoms with van der Waals surface area (Å²) in [5.74, 6) is -1.11. The van der Waals surface area contributed by atoms with Gasteiger partial charge in [0, 0.05) is 5.56 Å². The van der Waals surface area contributed by atoms with Gasteiger partial charge in [0.05, 0.1) is 24.8 Å². The van der Waals surface area contributed by atoms with Crippen LogP contribution in [0.5, 0.6) is 5.75 Å². The van der Waals surface area contributed by atoms with Crippen LogP contribution in [0, 0.1) is 0 Å². The number of carbonyl (C=O) groups is 1. The van der Waals surface area contributed by atoms with Crippen LogP contribution >= 0.6 is 11.6 Å². The number of ether oxygens (including phenoxy) is 1. The molecule has 0 aromatic carbocycles. The molecule has 0 fully saturated rings. The van der Waals surface area contributed by atoms with E-state index >= 15 is 0 Å². The molecule has 0 aliphatic heterocycles. The molecule has 88 valence electrons. The number of rotatable bonds is 4. The SMILES string of the molecule is COc1cnc(C(F)F)c(Cl)c1CC(=O)O. The molecule has 0 amide bonds. The Morgan fingerprint density at radius 1 is 1.69 bits per heavy atom. The molecule has 1 aromatic heterocycles. The van der Waals surface area contributed by atoms with E-state index in [2.05, 4.69) is 4.98 Å². The molecule has 4 nitrogen and oxygen atoms in total. The molecule has 0 unspecified atom stereocenters. The van der Waals surface area contributed by atoms with Crippen LogP contribution in [-0.4, -0.2) is 23.2 Å². The number of nitrogens with zero attached hydrogens (tertiary/aromatic N) is 1. The van der Waals surface area contributed by atoms with Gasteiger partial charge in [-0.25, -0.2) is 13.8 Å². The second kappa shape index (κ2) is 5.07. The molecule has 1 rings (SSSR count). The maximum Gasteiger partial charge on any atom is 0.308 e. The smallest absolute Gasteiger partial charge is 0.308 e. The highest BCUT2D eigenvalue weighted by molar-refractivity contribution is 6.32. The molecule has 16 heavy (non-hydrogen) atoms. The van der Waals surface area contributed by atoms with Crippen LogP contribution in [0.3, 0.4) is 0 Å². The molecule has 1 heterocycles. The second-order valence-corrected chi connectivity index (χ2v) is 3.25. The number of halogens is 3. The lowest BCUT2D eigenvalue weighted by Crippen LogP contribution is -2.06. The lowest BCUT2D eigenvalue weighted by molar-refractivity contribution is -0.136. The Morgan fingerprint density at radius 3 is 2.75 bits per heavy atom. The Balaban J connectivity index is 3.28. The van der Waals surface area contributed by atoms with Crippen molar-refractivity contribution in [2.24, 2.45) is 0 Å². The van der Waals surface area contributed by atoms with Gasteiger partial charge in [0.15, 0.2) is 0 Å². The number of aliphatic carboxylic acids is 1. The van der Waals surface area contributed by atoms with Gasteiger partial charge in [-0.05, 0) is 0 Å². The number of hydrogen-bond donors (Lipinski definition) is 1. The highest BCUT2D eigenvalue weighted by atomic mass is 35.5. The van der Waals surface area contributed by atoms with E-state index in [4.69, 9.17) is 21.4 Å². The lowest BCUT2D eigenvalue weighted by Gasteiger charge is -2.11. The van der Waals surface area contributed by atoms with E-state index in [1.807, 2.05) is 0 Å². The Kier molecular flexibility index (Phi) is 4.00. The van der Waals surface area contributed by atoms with E-state index in [-0.39, 0.29) is 16.3 Å². The minimum atomic E-state index is -2.86. The first-order chi connectivity index (χ1) is 7.47. The highest BCUT2D eigenvalue weighted by Gasteiger charge is 2.21. The molecule has 0 atom stereocenters. The molecule has 1 aromatic rings. The summed E-state index contributed by atoms with van der Waals surface area (Å²) in [5.41, 5.74) is -0.638. The van der Waals surface area contributed by atoms with Crippen LogP contribution in [0.2, 0.25) is 5.02 Å². The van der Waals surface area contributed by atoms with Crippen LogP contribution < -0.4 is 4.74 Å². The van der Waals surface area contributed by atoms with Crippen molar-refractivity contribution in [1.82, 2.24) is 4.98 Å². The minimum Gasteiger partial charge on any atom is -0.495 e. The van der Waals surface area contributed by atoms with Gasteiger partial charge in [0.25, 0.3) is 6.43 Å². The van der Waals surface area contributed by atoms with Crippen LogP contribution in [0.25, 0.3) is 0 Å². The molecule has 0 radical (unpaired) electrons. The Hall–Kier alpha value is -1.43. The van der Waals surface area contributed by atoms with Crippen molar-refractivity contribution in [2.45, 2.75) is 12.8 Å². The summed E-state index contributed by atoms with van der Waals surface area (Å²) >= 11 is 5.65. The van der Waals surface area contributed by atoms with Gasteiger partial charge in [0.1, 0.15) is 11.4 Å². The predicted octanol–water partition coefficient (Wildman–Crippen LogP) is 2.31. The summed E-state index contributed by atoms with van der Waals surface area (Å²) in [7, 11) is 1.28. The zero-order valence-corrected chi connectivity index (χ0v) is 8.96. The number of aromatic nitrogens is 1. The molecule has 1 N–H and O–H groups in total. The van der Waals surface area contributed by atoms with Crippen molar-refractivity contribution in [2.75, 3.05) is 7.11 Å². The van der Waals surface area contributed by atoms with Gasteiger partial charge in [-0.3, -0.25) is 4.79 Å². The monoisotopic (exact) mass is 251 g/mol. The van der Waals surface area contributed by atoms with Crippen LogP contribution in [-0.2, 0) is 11.2 Å². The molecule has 7 heteroatoms. The van der Waals surface area contributed by atoms with Crippen molar-refractivity contribution < 1.29 is 23.4 Å². The Morgan fingerprint density at radius 2 is 2.31 bits per heavy atom. The number of carboxylic acid groups (broad SMARTS) is 1. The molecule has 0 bridgehead atoms. The molecule has 0 saturated carbocycles. The third-order valence-electron chi connectivity index (χ3n) is 1.86. The first-order valence-corrected chi connectivity index (χ1v) is 4.56. The fraction of sp³-hybridized carbons (Fsp3) is 0.333. The van der Waals surface area contributed by atoms with Crippen molar-refractivity contribution in [1.29, 1.82) is 0 Å². The Labute approximate surface area is 94.8 Å². The van der Waals surface area contributed by atoms with Crippen molar-refractivity contribution in [3.63, 3.8) is 0 Å². The summed E-state index contributed by atoms with van der Waals surface area (Å²) in [6, 6.07) is 0. The van der Waals surface area contributed by atoms with Gasteiger partial charge in [-0.1, -0.05) is 11.6 Å². The first-order valence-electron chi connectivity index (χ1n) is 4.18. The summed E-state index contributed by atoms with van der Waals surface area (Å²) in [4.78, 5) is 14.0. The maximum atomic E-state index is 12.4. The standard InChI is InChI=1S/C9H8ClF2NO3/c1-16-5-3-13-8(9(11)12)7(10)4(5)2-6(14)15/h3,9H,2H2,1H3,(H,14,15). The van der Waals surface area contributed by atoms with Crippen LogP contribution in [0.4, 0.5) is 8.78 Å². The van der Waals surface area contributed by atoms with E-state index in [0.29, 0.717) is 0 Å². The van der Waals surface area contributed by atoms with Gasteiger partial charge in [-0.15, -0.1) is 0 Å². The van der Waals surface area contributed by atoms with Crippen molar-refractivity contribution >= 4 is 17.6 Å². The fourth-order valence-corrected chi connectivity index (χ4v) is 1.46.